The molecule has 2 aromatic rings. The van der Waals surface area contributed by atoms with Gasteiger partial charge >= 0.3 is 194 Å². The van der Waals surface area contributed by atoms with E-state index in [1.54, 1.807) is 12.1 Å². The van der Waals surface area contributed by atoms with Gasteiger partial charge in [0, 0.05) is 0 Å². The number of sulfone groups is 1. The van der Waals surface area contributed by atoms with Gasteiger partial charge in [-0.2, -0.15) is 0 Å². The fraction of sp³-hybridized carbons (Fsp3) is 0.462. The number of hydrogen-bond donors (Lipinski definition) is 1. The van der Waals surface area contributed by atoms with E-state index in [1.165, 1.54) is 0 Å². The molecule has 1 aliphatic carbocycles. The molecule has 0 amide bonds. The van der Waals surface area contributed by atoms with E-state index in [2.05, 4.69) is 19.1 Å². The van der Waals surface area contributed by atoms with Gasteiger partial charge in [-0.05, 0) is 0 Å². The van der Waals surface area contributed by atoms with Crippen LogP contribution >= 0.6 is 0 Å². The molecule has 0 atom stereocenters. The Bertz CT molecular complexity index is 973. The summed E-state index contributed by atoms with van der Waals surface area (Å²) in [5, 5.41) is 11.8. The summed E-state index contributed by atoms with van der Waals surface area (Å²) in [6, 6.07) is 17.2. The van der Waals surface area contributed by atoms with E-state index in [4.69, 9.17) is 0 Å². The zero-order chi connectivity index (χ0) is 22.3. The molecular weight excluding hydrogens is 471 g/mol. The Morgan fingerprint density at radius 3 is 2.23 bits per heavy atom. The predicted molar refractivity (Wildman–Crippen MR) is 129 cm³/mol. The van der Waals surface area contributed by atoms with Gasteiger partial charge in [0.25, 0.3) is 0 Å². The number of allylic oxidation sites excluding steroid dienone is 1. The summed E-state index contributed by atoms with van der Waals surface area (Å²) in [5.74, 6) is 0. The maximum absolute atomic E-state index is 14.0. The van der Waals surface area contributed by atoms with Crippen molar-refractivity contribution in [2.24, 2.45) is 0 Å². The van der Waals surface area contributed by atoms with Gasteiger partial charge in [-0.1, -0.05) is 0 Å². The monoisotopic (exact) mass is 506 g/mol. The van der Waals surface area contributed by atoms with Gasteiger partial charge in [0.15, 0.2) is 0 Å². The van der Waals surface area contributed by atoms with E-state index >= 15 is 0 Å². The molecule has 2 aromatic carbocycles. The van der Waals surface area contributed by atoms with Crippen molar-refractivity contribution in [3.8, 4) is 0 Å². The number of hydrogen-bond acceptors (Lipinski definition) is 3. The molecule has 0 unspecified atom stereocenters. The second-order valence-electron chi connectivity index (χ2n) is 8.53. The van der Waals surface area contributed by atoms with E-state index < -0.39 is 15.4 Å². The molecule has 0 radical (unpaired) electrons. The molecule has 1 aliphatic rings. The molecule has 0 aromatic heterocycles. The van der Waals surface area contributed by atoms with Crippen LogP contribution in [0.25, 0.3) is 0 Å². The van der Waals surface area contributed by atoms with Crippen molar-refractivity contribution >= 4 is 29.3 Å². The zero-order valence-electron chi connectivity index (χ0n) is 18.6. The van der Waals surface area contributed by atoms with Crippen LogP contribution in [0.3, 0.4) is 0 Å². The maximum atomic E-state index is 14.0. The molecule has 0 aliphatic heterocycles. The third kappa shape index (κ3) is 6.10. The van der Waals surface area contributed by atoms with Crippen LogP contribution in [-0.2, 0) is 9.84 Å². The minimum atomic E-state index is -3.79. The van der Waals surface area contributed by atoms with Crippen LogP contribution in [0.1, 0.15) is 70.3 Å². The summed E-state index contributed by atoms with van der Waals surface area (Å²) in [7, 11) is -3.79. The van der Waals surface area contributed by atoms with Crippen LogP contribution < -0.4 is 4.46 Å². The van der Waals surface area contributed by atoms with E-state index in [1.807, 2.05) is 37.3 Å². The van der Waals surface area contributed by atoms with Crippen LogP contribution in [0, 0.1) is 6.92 Å². The average molecular weight is 506 g/mol. The number of rotatable bonds is 9. The molecule has 0 heterocycles. The van der Waals surface area contributed by atoms with Crippen LogP contribution in [0.15, 0.2) is 68.9 Å². The van der Waals surface area contributed by atoms with Crippen molar-refractivity contribution < 1.29 is 13.5 Å². The molecular formula is C26H34O3SSe. The van der Waals surface area contributed by atoms with Crippen molar-refractivity contribution in [1.82, 2.24) is 0 Å². The van der Waals surface area contributed by atoms with Crippen molar-refractivity contribution in [1.29, 1.82) is 0 Å². The Balaban J connectivity index is 2.17. The van der Waals surface area contributed by atoms with Crippen molar-refractivity contribution in [2.75, 3.05) is 0 Å². The Labute approximate surface area is 194 Å². The fourth-order valence-corrected chi connectivity index (χ4v) is 9.30. The van der Waals surface area contributed by atoms with Gasteiger partial charge in [0.2, 0.25) is 0 Å². The van der Waals surface area contributed by atoms with E-state index in [0.29, 0.717) is 22.6 Å². The molecule has 3 nitrogen and oxygen atoms in total. The van der Waals surface area contributed by atoms with Crippen LogP contribution in [0.5, 0.6) is 0 Å². The van der Waals surface area contributed by atoms with Crippen molar-refractivity contribution in [3.05, 3.63) is 69.5 Å². The van der Waals surface area contributed by atoms with E-state index in [9.17, 15) is 13.5 Å². The third-order valence-corrected chi connectivity index (χ3v) is 10.7. The molecule has 0 spiro atoms. The molecule has 1 N–H and O–H groups in total. The normalized spacial score (nSPS) is 17.3. The number of aryl methyl sites for hydroxylation is 1. The Kier molecular flexibility index (Phi) is 8.57. The SMILES string of the molecule is CCCCC/C([Se]c1ccccc1)=C(\C1(O)CCCCC1)S(=O)(=O)c1ccc(C)cc1. The van der Waals surface area contributed by atoms with E-state index in [-0.39, 0.29) is 15.0 Å². The van der Waals surface area contributed by atoms with Gasteiger partial charge in [0.05, 0.1) is 0 Å². The van der Waals surface area contributed by atoms with Gasteiger partial charge in [-0.15, -0.1) is 0 Å². The Hall–Kier alpha value is -1.39. The number of benzene rings is 2. The van der Waals surface area contributed by atoms with Crippen LogP contribution in [-0.4, -0.2) is 34.1 Å². The summed E-state index contributed by atoms with van der Waals surface area (Å²) in [5.41, 5.74) is -0.238. The first-order valence-corrected chi connectivity index (χ1v) is 14.6. The zero-order valence-corrected chi connectivity index (χ0v) is 21.2. The van der Waals surface area contributed by atoms with Crippen molar-refractivity contribution in [2.45, 2.75) is 82.1 Å². The summed E-state index contributed by atoms with van der Waals surface area (Å²) >= 11 is -0.144. The minimum absolute atomic E-state index is 0.144. The topological polar surface area (TPSA) is 54.4 Å². The van der Waals surface area contributed by atoms with Gasteiger partial charge in [-0.25, -0.2) is 0 Å². The van der Waals surface area contributed by atoms with Gasteiger partial charge in [-0.3, -0.25) is 0 Å². The summed E-state index contributed by atoms with van der Waals surface area (Å²) in [6.07, 6.45) is 7.64. The molecule has 168 valence electrons. The van der Waals surface area contributed by atoms with Gasteiger partial charge in [0.1, 0.15) is 0 Å². The van der Waals surface area contributed by atoms with Crippen LogP contribution in [0.4, 0.5) is 0 Å². The number of unbranched alkanes of at least 4 members (excludes halogenated alkanes) is 2. The first-order chi connectivity index (χ1) is 14.9. The first-order valence-electron chi connectivity index (χ1n) is 11.4. The fourth-order valence-electron chi connectivity index (χ4n) is 4.24. The standard InChI is InChI=1S/C26H34O3SSe/c1-3-4-7-14-24(31-23-12-8-5-9-13-23)25(26(27)19-10-6-11-20-26)30(28,29)22-17-15-21(2)16-18-22/h5,8-9,12-13,15-18,27H,3-4,6-7,10-11,14,19-20H2,1-2H3/b25-24-. The third-order valence-electron chi connectivity index (χ3n) is 5.95. The molecule has 31 heavy (non-hydrogen) atoms. The molecule has 0 bridgehead atoms. The second kappa shape index (κ2) is 11.0. The first kappa shape index (κ1) is 24.3. The van der Waals surface area contributed by atoms with Crippen LogP contribution in [0.2, 0.25) is 0 Å². The molecule has 3 rings (SSSR count). The molecule has 0 saturated heterocycles. The number of aliphatic hydroxyl groups is 1. The summed E-state index contributed by atoms with van der Waals surface area (Å²) in [6.45, 7) is 4.11. The summed E-state index contributed by atoms with van der Waals surface area (Å²) in [4.78, 5) is 0.604. The van der Waals surface area contributed by atoms with E-state index in [0.717, 1.165) is 59.4 Å². The Morgan fingerprint density at radius 2 is 1.61 bits per heavy atom. The Morgan fingerprint density at radius 1 is 0.968 bits per heavy atom. The average Bonchev–Trinajstić information content (AvgIpc) is 2.75. The summed E-state index contributed by atoms with van der Waals surface area (Å²) < 4.78 is 30.1. The quantitative estimate of drug-likeness (QED) is 0.373. The van der Waals surface area contributed by atoms with Gasteiger partial charge < -0.3 is 0 Å². The molecule has 1 fully saturated rings. The van der Waals surface area contributed by atoms with Crippen molar-refractivity contribution in [3.63, 3.8) is 0 Å². The molecule has 1 saturated carbocycles. The predicted octanol–water partition coefficient (Wildman–Crippen LogP) is 5.29. The molecule has 5 heteroatoms. The second-order valence-corrected chi connectivity index (χ2v) is 12.9.